The Morgan fingerprint density at radius 1 is 1.86 bits per heavy atom. The van der Waals surface area contributed by atoms with Crippen LogP contribution in [0.2, 0.25) is 0 Å². The maximum Gasteiger partial charge on any atom is 0.103 e. The van der Waals surface area contributed by atoms with Gasteiger partial charge in [-0.1, -0.05) is 0 Å². The van der Waals surface area contributed by atoms with Gasteiger partial charge >= 0.3 is 0 Å². The van der Waals surface area contributed by atoms with Gasteiger partial charge in [0.1, 0.15) is 6.67 Å². The van der Waals surface area contributed by atoms with E-state index in [0.717, 1.165) is 0 Å². The first-order valence-electron chi connectivity index (χ1n) is 1.66. The van der Waals surface area contributed by atoms with Crippen LogP contribution in [0.25, 0.3) is 0 Å². The topological polar surface area (TPSA) is 52.2 Å². The van der Waals surface area contributed by atoms with Crippen LogP contribution in [0.5, 0.6) is 0 Å². The van der Waals surface area contributed by atoms with Crippen LogP contribution in [0, 0.1) is 0 Å². The number of hydrogen-bond donors (Lipinski definition) is 1. The van der Waals surface area contributed by atoms with Crippen LogP contribution in [0.15, 0.2) is 0 Å². The molecule has 0 bridgehead atoms. The summed E-state index contributed by atoms with van der Waals surface area (Å²) in [5.41, 5.74) is 0. The SMILES string of the molecule is O=S([O-])NCCF. The first-order valence-corrected chi connectivity index (χ1v) is 2.73. The zero-order valence-corrected chi connectivity index (χ0v) is 4.33. The Bertz CT molecular complexity index is 68.7. The lowest BCUT2D eigenvalue weighted by molar-refractivity contribution is 0.475. The Hall–Kier alpha value is -0.0000000000000000555. The van der Waals surface area contributed by atoms with Gasteiger partial charge < -0.3 is 4.55 Å². The Morgan fingerprint density at radius 3 is 2.57 bits per heavy atom. The summed E-state index contributed by atoms with van der Waals surface area (Å²) in [5.74, 6) is 0. The van der Waals surface area contributed by atoms with Gasteiger partial charge in [-0.2, -0.15) is 0 Å². The molecule has 0 fully saturated rings. The fourth-order valence-electron chi connectivity index (χ4n) is 0.122. The molecule has 44 valence electrons. The van der Waals surface area contributed by atoms with E-state index in [9.17, 15) is 13.2 Å². The Balaban J connectivity index is 2.82. The van der Waals surface area contributed by atoms with Crippen molar-refractivity contribution in [3.05, 3.63) is 0 Å². The van der Waals surface area contributed by atoms with Crippen molar-refractivity contribution >= 4 is 11.3 Å². The fourth-order valence-corrected chi connectivity index (χ4v) is 0.366. The normalized spacial score (nSPS) is 14.0. The predicted octanol–water partition coefficient (Wildman–Crippen LogP) is -0.660. The maximum atomic E-state index is 11.0. The summed E-state index contributed by atoms with van der Waals surface area (Å²) in [4.78, 5) is 0. The first kappa shape index (κ1) is 7.00. The van der Waals surface area contributed by atoms with Crippen LogP contribution in [0.3, 0.4) is 0 Å². The molecule has 0 aliphatic heterocycles. The first-order chi connectivity index (χ1) is 3.27. The highest BCUT2D eigenvalue weighted by Crippen LogP contribution is 1.63. The van der Waals surface area contributed by atoms with Gasteiger partial charge in [0.2, 0.25) is 0 Å². The highest BCUT2D eigenvalue weighted by Gasteiger charge is 1.78. The van der Waals surface area contributed by atoms with Crippen LogP contribution in [-0.2, 0) is 11.3 Å². The molecule has 3 nitrogen and oxygen atoms in total. The molecular formula is C2H5FNO2S-. The van der Waals surface area contributed by atoms with Gasteiger partial charge in [0.15, 0.2) is 0 Å². The van der Waals surface area contributed by atoms with Crippen LogP contribution in [0.1, 0.15) is 0 Å². The highest BCUT2D eigenvalue weighted by molar-refractivity contribution is 7.77. The van der Waals surface area contributed by atoms with Gasteiger partial charge in [-0.15, -0.1) is 0 Å². The summed E-state index contributed by atoms with van der Waals surface area (Å²) in [5, 5.41) is 0. The Morgan fingerprint density at radius 2 is 2.43 bits per heavy atom. The fraction of sp³-hybridized carbons (Fsp3) is 1.00. The number of alkyl halides is 1. The van der Waals surface area contributed by atoms with Crippen molar-refractivity contribution in [1.29, 1.82) is 0 Å². The van der Waals surface area contributed by atoms with E-state index in [1.807, 2.05) is 4.72 Å². The average Bonchev–Trinajstić information content (AvgIpc) is 1.61. The molecule has 0 aromatic heterocycles. The number of nitrogens with one attached hydrogen (secondary N) is 1. The van der Waals surface area contributed by atoms with Crippen LogP contribution in [0.4, 0.5) is 4.39 Å². The van der Waals surface area contributed by atoms with Crippen LogP contribution >= 0.6 is 0 Å². The molecule has 0 aliphatic carbocycles. The van der Waals surface area contributed by atoms with Crippen molar-refractivity contribution < 1.29 is 13.2 Å². The Kier molecular flexibility index (Phi) is 4.17. The molecule has 1 atom stereocenters. The monoisotopic (exact) mass is 126 g/mol. The lowest BCUT2D eigenvalue weighted by Crippen LogP contribution is -2.18. The zero-order chi connectivity index (χ0) is 5.70. The minimum atomic E-state index is -2.31. The molecule has 1 N–H and O–H groups in total. The summed E-state index contributed by atoms with van der Waals surface area (Å²) in [7, 11) is 0. The molecule has 7 heavy (non-hydrogen) atoms. The number of halogens is 1. The maximum absolute atomic E-state index is 11.0. The van der Waals surface area contributed by atoms with E-state index in [2.05, 4.69) is 0 Å². The quantitative estimate of drug-likeness (QED) is 0.510. The summed E-state index contributed by atoms with van der Waals surface area (Å²) >= 11 is -2.31. The Labute approximate surface area is 43.3 Å². The predicted molar refractivity (Wildman–Crippen MR) is 22.9 cm³/mol. The molecule has 0 saturated carbocycles. The van der Waals surface area contributed by atoms with Crippen LogP contribution in [-0.4, -0.2) is 22.0 Å². The lowest BCUT2D eigenvalue weighted by Gasteiger charge is -2.01. The van der Waals surface area contributed by atoms with Crippen molar-refractivity contribution in [1.82, 2.24) is 4.72 Å². The van der Waals surface area contributed by atoms with Gasteiger partial charge in [0, 0.05) is 17.8 Å². The van der Waals surface area contributed by atoms with Crippen LogP contribution < -0.4 is 4.72 Å². The van der Waals surface area contributed by atoms with E-state index in [4.69, 9.17) is 0 Å². The van der Waals surface area contributed by atoms with Gasteiger partial charge in [-0.3, -0.25) is 4.21 Å². The van der Waals surface area contributed by atoms with E-state index < -0.39 is 17.9 Å². The van der Waals surface area contributed by atoms with E-state index in [1.54, 1.807) is 0 Å². The highest BCUT2D eigenvalue weighted by atomic mass is 32.2. The van der Waals surface area contributed by atoms with Gasteiger partial charge in [0.25, 0.3) is 0 Å². The smallest absolute Gasteiger partial charge is 0.103 e. The summed E-state index contributed by atoms with van der Waals surface area (Å²) in [6.45, 7) is -0.788. The molecular weight excluding hydrogens is 121 g/mol. The molecule has 0 radical (unpaired) electrons. The summed E-state index contributed by atoms with van der Waals surface area (Å²) in [6, 6.07) is 0. The molecule has 0 heterocycles. The molecule has 0 amide bonds. The van der Waals surface area contributed by atoms with E-state index in [1.165, 1.54) is 0 Å². The molecule has 0 saturated heterocycles. The third-order valence-electron chi connectivity index (χ3n) is 0.314. The van der Waals surface area contributed by atoms with E-state index in [0.29, 0.717) is 0 Å². The largest absolute Gasteiger partial charge is 0.760 e. The standard InChI is InChI=1S/C2H6FNO2S/c3-1-2-4-7(5)6/h4H,1-2H2,(H,5,6)/p-1. The minimum absolute atomic E-state index is 0.129. The third-order valence-corrected chi connectivity index (χ3v) is 0.754. The second-order valence-corrected chi connectivity index (χ2v) is 1.58. The molecule has 0 aliphatic rings. The average molecular weight is 126 g/mol. The summed E-state index contributed by atoms with van der Waals surface area (Å²) < 4.78 is 31.8. The van der Waals surface area contributed by atoms with Gasteiger partial charge in [0.05, 0.1) is 0 Å². The third kappa shape index (κ3) is 6.00. The van der Waals surface area contributed by atoms with E-state index >= 15 is 0 Å². The zero-order valence-electron chi connectivity index (χ0n) is 3.52. The van der Waals surface area contributed by atoms with Crippen molar-refractivity contribution in [3.8, 4) is 0 Å². The van der Waals surface area contributed by atoms with Crippen molar-refractivity contribution in [3.63, 3.8) is 0 Å². The van der Waals surface area contributed by atoms with Crippen molar-refractivity contribution in [2.75, 3.05) is 13.2 Å². The molecule has 0 spiro atoms. The van der Waals surface area contributed by atoms with E-state index in [-0.39, 0.29) is 6.54 Å². The second-order valence-electron chi connectivity index (χ2n) is 0.818. The molecule has 1 unspecified atom stereocenters. The van der Waals surface area contributed by atoms with Crippen molar-refractivity contribution in [2.45, 2.75) is 0 Å². The molecule has 0 rings (SSSR count). The van der Waals surface area contributed by atoms with Gasteiger partial charge in [-0.05, 0) is 0 Å². The lowest BCUT2D eigenvalue weighted by atomic mass is 10.8. The second kappa shape index (κ2) is 4.17. The number of rotatable bonds is 3. The molecule has 5 heteroatoms. The number of hydrogen-bond acceptors (Lipinski definition) is 2. The minimum Gasteiger partial charge on any atom is -0.760 e. The van der Waals surface area contributed by atoms with Gasteiger partial charge in [-0.25, -0.2) is 9.11 Å². The molecule has 0 aromatic carbocycles. The summed E-state index contributed by atoms with van der Waals surface area (Å²) in [6.07, 6.45) is 0. The molecule has 0 aromatic rings. The van der Waals surface area contributed by atoms with Crippen molar-refractivity contribution in [2.24, 2.45) is 0 Å².